The lowest BCUT2D eigenvalue weighted by atomic mass is 9.98. The summed E-state index contributed by atoms with van der Waals surface area (Å²) in [6.07, 6.45) is 1.53. The molecule has 128 valence electrons. The second-order valence-corrected chi connectivity index (χ2v) is 6.48. The molecule has 2 aromatic rings. The van der Waals surface area contributed by atoms with Crippen molar-refractivity contribution in [3.8, 4) is 0 Å². The van der Waals surface area contributed by atoms with Gasteiger partial charge < -0.3 is 14.1 Å². The van der Waals surface area contributed by atoms with Gasteiger partial charge in [-0.3, -0.25) is 9.59 Å². The first-order valence-electron chi connectivity index (χ1n) is 8.15. The highest BCUT2D eigenvalue weighted by Gasteiger charge is 2.32. The molecule has 1 aliphatic rings. The summed E-state index contributed by atoms with van der Waals surface area (Å²) in [5.74, 6) is -0.365. The van der Waals surface area contributed by atoms with Gasteiger partial charge >= 0.3 is 5.97 Å². The molecule has 1 aliphatic heterocycles. The zero-order valence-corrected chi connectivity index (χ0v) is 14.6. The molecule has 0 bridgehead atoms. The van der Waals surface area contributed by atoms with Crippen LogP contribution in [0.2, 0.25) is 5.02 Å². The van der Waals surface area contributed by atoms with Crippen molar-refractivity contribution in [3.63, 3.8) is 0 Å². The fourth-order valence-corrected chi connectivity index (χ4v) is 3.33. The smallest absolute Gasteiger partial charge is 0.310 e. The molecule has 5 nitrogen and oxygen atoms in total. The van der Waals surface area contributed by atoms with E-state index in [1.807, 2.05) is 6.92 Å². The van der Waals surface area contributed by atoms with Crippen LogP contribution >= 0.6 is 11.6 Å². The number of furan rings is 1. The quantitative estimate of drug-likeness (QED) is 0.790. The summed E-state index contributed by atoms with van der Waals surface area (Å²) in [6, 6.07) is 5.29. The maximum absolute atomic E-state index is 12.8. The van der Waals surface area contributed by atoms with E-state index in [-0.39, 0.29) is 17.8 Å². The van der Waals surface area contributed by atoms with Crippen molar-refractivity contribution >= 4 is 34.4 Å². The summed E-state index contributed by atoms with van der Waals surface area (Å²) < 4.78 is 10.8. The van der Waals surface area contributed by atoms with Crippen molar-refractivity contribution in [3.05, 3.63) is 34.5 Å². The Balaban J connectivity index is 1.83. The molecule has 1 amide bonds. The third-order valence-electron chi connectivity index (χ3n) is 4.42. The van der Waals surface area contributed by atoms with Crippen LogP contribution in [0.5, 0.6) is 0 Å². The molecule has 2 heterocycles. The largest absolute Gasteiger partial charge is 0.466 e. The molecule has 3 rings (SSSR count). The normalized spacial score (nSPS) is 18.0. The van der Waals surface area contributed by atoms with Gasteiger partial charge in [0.15, 0.2) is 5.76 Å². The van der Waals surface area contributed by atoms with Gasteiger partial charge in [-0.15, -0.1) is 0 Å². The number of fused-ring (bicyclic) bond motifs is 1. The molecule has 0 spiro atoms. The van der Waals surface area contributed by atoms with Gasteiger partial charge in [-0.05, 0) is 44.9 Å². The third-order valence-corrected chi connectivity index (χ3v) is 4.66. The van der Waals surface area contributed by atoms with Crippen LogP contribution in [0.3, 0.4) is 0 Å². The second kappa shape index (κ2) is 6.85. The molecular weight excluding hydrogens is 330 g/mol. The van der Waals surface area contributed by atoms with Crippen molar-refractivity contribution in [1.82, 2.24) is 4.90 Å². The number of carbonyl (C=O) groups is 2. The Morgan fingerprint density at radius 1 is 1.42 bits per heavy atom. The zero-order valence-electron chi connectivity index (χ0n) is 13.8. The molecule has 0 N–H and O–H groups in total. The molecule has 1 atom stereocenters. The van der Waals surface area contributed by atoms with E-state index < -0.39 is 0 Å². The van der Waals surface area contributed by atoms with Gasteiger partial charge in [0, 0.05) is 29.1 Å². The number of halogens is 1. The van der Waals surface area contributed by atoms with E-state index in [1.165, 1.54) is 0 Å². The number of benzene rings is 1. The average Bonchev–Trinajstić information content (AvgIpc) is 2.91. The Morgan fingerprint density at radius 3 is 2.96 bits per heavy atom. The van der Waals surface area contributed by atoms with E-state index in [0.717, 1.165) is 23.8 Å². The van der Waals surface area contributed by atoms with Gasteiger partial charge in [0.1, 0.15) is 5.58 Å². The fraction of sp³-hybridized carbons (Fsp3) is 0.444. The molecule has 0 radical (unpaired) electrons. The van der Waals surface area contributed by atoms with Crippen LogP contribution < -0.4 is 0 Å². The number of hydrogen-bond donors (Lipinski definition) is 0. The van der Waals surface area contributed by atoms with Crippen molar-refractivity contribution in [2.45, 2.75) is 26.7 Å². The number of amides is 1. The van der Waals surface area contributed by atoms with E-state index in [4.69, 9.17) is 20.8 Å². The third kappa shape index (κ3) is 3.13. The highest BCUT2D eigenvalue weighted by Crippen LogP contribution is 2.29. The monoisotopic (exact) mass is 349 g/mol. The van der Waals surface area contributed by atoms with Crippen LogP contribution in [0.15, 0.2) is 22.6 Å². The minimum atomic E-state index is -0.262. The van der Waals surface area contributed by atoms with Gasteiger partial charge in [-0.2, -0.15) is 0 Å². The lowest BCUT2D eigenvalue weighted by Crippen LogP contribution is -2.42. The molecule has 1 aromatic carbocycles. The standard InChI is InChI=1S/C18H20ClNO4/c1-3-23-18(22)12-5-4-8-20(10-12)17(21)16-11(2)14-9-13(19)6-7-15(14)24-16/h6-7,9,12H,3-5,8,10H2,1-2H3. The summed E-state index contributed by atoms with van der Waals surface area (Å²) in [6.45, 7) is 4.97. The van der Waals surface area contributed by atoms with Crippen LogP contribution in [-0.2, 0) is 9.53 Å². The molecule has 6 heteroatoms. The van der Waals surface area contributed by atoms with Crippen LogP contribution in [0.4, 0.5) is 0 Å². The van der Waals surface area contributed by atoms with Gasteiger partial charge in [0.2, 0.25) is 0 Å². The predicted molar refractivity (Wildman–Crippen MR) is 91.2 cm³/mol. The molecule has 0 aliphatic carbocycles. The number of likely N-dealkylation sites (tertiary alicyclic amines) is 1. The van der Waals surface area contributed by atoms with Crippen LogP contribution in [0, 0.1) is 12.8 Å². The van der Waals surface area contributed by atoms with E-state index in [2.05, 4.69) is 0 Å². The van der Waals surface area contributed by atoms with E-state index in [0.29, 0.717) is 36.1 Å². The first kappa shape index (κ1) is 16.8. The fourth-order valence-electron chi connectivity index (χ4n) is 3.15. The van der Waals surface area contributed by atoms with Crippen molar-refractivity contribution in [2.24, 2.45) is 5.92 Å². The van der Waals surface area contributed by atoms with Crippen molar-refractivity contribution in [2.75, 3.05) is 19.7 Å². The summed E-state index contributed by atoms with van der Waals surface area (Å²) >= 11 is 6.02. The molecular formula is C18H20ClNO4. The number of rotatable bonds is 3. The second-order valence-electron chi connectivity index (χ2n) is 6.04. The highest BCUT2D eigenvalue weighted by molar-refractivity contribution is 6.31. The number of esters is 1. The molecule has 1 unspecified atom stereocenters. The van der Waals surface area contributed by atoms with E-state index in [1.54, 1.807) is 30.0 Å². The van der Waals surface area contributed by atoms with Gasteiger partial charge in [-0.25, -0.2) is 0 Å². The lowest BCUT2D eigenvalue weighted by Gasteiger charge is -2.31. The summed E-state index contributed by atoms with van der Waals surface area (Å²) in [4.78, 5) is 26.5. The van der Waals surface area contributed by atoms with Crippen LogP contribution in [0.25, 0.3) is 11.0 Å². The Kier molecular flexibility index (Phi) is 4.81. The predicted octanol–water partition coefficient (Wildman–Crippen LogP) is 3.81. The molecule has 0 saturated carbocycles. The molecule has 1 saturated heterocycles. The molecule has 24 heavy (non-hydrogen) atoms. The number of carbonyl (C=O) groups excluding carboxylic acids is 2. The molecule has 1 aromatic heterocycles. The summed E-state index contributed by atoms with van der Waals surface area (Å²) in [5.41, 5.74) is 1.41. The van der Waals surface area contributed by atoms with Gasteiger partial charge in [0.05, 0.1) is 12.5 Å². The average molecular weight is 350 g/mol. The lowest BCUT2D eigenvalue weighted by molar-refractivity contribution is -0.149. The summed E-state index contributed by atoms with van der Waals surface area (Å²) in [7, 11) is 0. The highest BCUT2D eigenvalue weighted by atomic mass is 35.5. The Bertz CT molecular complexity index is 783. The Morgan fingerprint density at radius 2 is 2.21 bits per heavy atom. The first-order chi connectivity index (χ1) is 11.5. The van der Waals surface area contributed by atoms with Gasteiger partial charge in [-0.1, -0.05) is 11.6 Å². The number of aryl methyl sites for hydroxylation is 1. The SMILES string of the molecule is CCOC(=O)C1CCCN(C(=O)c2oc3ccc(Cl)cc3c2C)C1. The maximum Gasteiger partial charge on any atom is 0.310 e. The number of ether oxygens (including phenoxy) is 1. The first-order valence-corrected chi connectivity index (χ1v) is 8.53. The topological polar surface area (TPSA) is 59.8 Å². The minimum Gasteiger partial charge on any atom is -0.466 e. The van der Waals surface area contributed by atoms with Crippen LogP contribution in [0.1, 0.15) is 35.9 Å². The summed E-state index contributed by atoms with van der Waals surface area (Å²) in [5, 5.41) is 1.44. The number of nitrogens with zero attached hydrogens (tertiary/aromatic N) is 1. The van der Waals surface area contributed by atoms with Crippen molar-refractivity contribution < 1.29 is 18.7 Å². The zero-order chi connectivity index (χ0) is 17.3. The van der Waals surface area contributed by atoms with Crippen molar-refractivity contribution in [1.29, 1.82) is 0 Å². The Labute approximate surface area is 145 Å². The number of piperidine rings is 1. The number of hydrogen-bond acceptors (Lipinski definition) is 4. The maximum atomic E-state index is 12.8. The Hall–Kier alpha value is -2.01. The van der Waals surface area contributed by atoms with Crippen LogP contribution in [-0.4, -0.2) is 36.5 Å². The van der Waals surface area contributed by atoms with E-state index >= 15 is 0 Å². The van der Waals surface area contributed by atoms with Gasteiger partial charge in [0.25, 0.3) is 5.91 Å². The van der Waals surface area contributed by atoms with E-state index in [9.17, 15) is 9.59 Å². The minimum absolute atomic E-state index is 0.186. The molecule has 1 fully saturated rings.